The molecule has 0 bridgehead atoms. The zero-order chi connectivity index (χ0) is 21.8. The largest absolute Gasteiger partial charge is 0.507 e. The van der Waals surface area contributed by atoms with E-state index in [-0.39, 0.29) is 34.7 Å². The molecule has 3 rings (SSSR count). The number of ether oxygens (including phenoxy) is 1. The van der Waals surface area contributed by atoms with Gasteiger partial charge in [-0.2, -0.15) is 0 Å². The molecule has 0 heterocycles. The van der Waals surface area contributed by atoms with Gasteiger partial charge in [0, 0.05) is 18.1 Å². The number of aromatic hydroxyl groups is 2. The van der Waals surface area contributed by atoms with Gasteiger partial charge in [-0.25, -0.2) is 0 Å². The van der Waals surface area contributed by atoms with Crippen LogP contribution in [0.15, 0.2) is 65.8 Å². The Morgan fingerprint density at radius 3 is 2.33 bits per heavy atom. The molecular weight excluding hydrogens is 376 g/mol. The quantitative estimate of drug-likeness (QED) is 0.455. The number of ketones is 1. The number of hydrogen-bond donors (Lipinski definition) is 2. The van der Waals surface area contributed by atoms with Crippen LogP contribution in [0.25, 0.3) is 0 Å². The molecule has 2 aromatic rings. The second kappa shape index (κ2) is 9.21. The van der Waals surface area contributed by atoms with Crippen LogP contribution in [0, 0.1) is 11.8 Å². The van der Waals surface area contributed by atoms with Gasteiger partial charge < -0.3 is 14.9 Å². The van der Waals surface area contributed by atoms with Gasteiger partial charge in [0.25, 0.3) is 0 Å². The smallest absolute Gasteiger partial charge is 0.174 e. The van der Waals surface area contributed by atoms with Crippen molar-refractivity contribution in [3.05, 3.63) is 76.9 Å². The highest BCUT2D eigenvalue weighted by molar-refractivity contribution is 6.03. The van der Waals surface area contributed by atoms with E-state index in [1.165, 1.54) is 30.4 Å². The predicted molar refractivity (Wildman–Crippen MR) is 119 cm³/mol. The lowest BCUT2D eigenvalue weighted by molar-refractivity contribution is 0.0844. The lowest BCUT2D eigenvalue weighted by Crippen LogP contribution is -2.33. The minimum Gasteiger partial charge on any atom is -0.507 e. The molecule has 2 aromatic carbocycles. The summed E-state index contributed by atoms with van der Waals surface area (Å²) in [5.41, 5.74) is 3.43. The van der Waals surface area contributed by atoms with Gasteiger partial charge >= 0.3 is 0 Å². The van der Waals surface area contributed by atoms with Crippen LogP contribution in [-0.4, -0.2) is 23.1 Å². The maximum atomic E-state index is 13.8. The van der Waals surface area contributed by atoms with Crippen molar-refractivity contribution in [2.75, 3.05) is 7.11 Å². The molecule has 0 unspecified atom stereocenters. The maximum absolute atomic E-state index is 13.8. The van der Waals surface area contributed by atoms with Gasteiger partial charge in [0.15, 0.2) is 5.78 Å². The van der Waals surface area contributed by atoms with Crippen molar-refractivity contribution in [3.8, 4) is 17.2 Å². The van der Waals surface area contributed by atoms with Gasteiger partial charge in [-0.3, -0.25) is 4.79 Å². The van der Waals surface area contributed by atoms with E-state index >= 15 is 0 Å². The van der Waals surface area contributed by atoms with Gasteiger partial charge in [0.1, 0.15) is 22.8 Å². The van der Waals surface area contributed by atoms with Crippen LogP contribution in [0.1, 0.15) is 55.5 Å². The van der Waals surface area contributed by atoms with Crippen molar-refractivity contribution in [1.82, 2.24) is 0 Å². The molecule has 2 N–H and O–H groups in total. The molecule has 0 amide bonds. The lowest BCUT2D eigenvalue weighted by atomic mass is 9.65. The fraction of sp³-hybridized carbons (Fsp3) is 0.346. The zero-order valence-electron chi connectivity index (χ0n) is 18.1. The number of methoxy groups -OCH3 is 1. The summed E-state index contributed by atoms with van der Waals surface area (Å²) in [7, 11) is 1.45. The first-order valence-corrected chi connectivity index (χ1v) is 10.3. The minimum atomic E-state index is -0.391. The number of allylic oxidation sites excluding steroid dienone is 4. The lowest BCUT2D eigenvalue weighted by Gasteiger charge is -2.37. The Bertz CT molecular complexity index is 945. The highest BCUT2D eigenvalue weighted by atomic mass is 16.5. The second-order valence-corrected chi connectivity index (χ2v) is 8.26. The average Bonchev–Trinajstić information content (AvgIpc) is 2.72. The van der Waals surface area contributed by atoms with E-state index in [0.29, 0.717) is 5.75 Å². The molecule has 0 aromatic heterocycles. The van der Waals surface area contributed by atoms with Crippen molar-refractivity contribution in [1.29, 1.82) is 0 Å². The third kappa shape index (κ3) is 4.43. The van der Waals surface area contributed by atoms with E-state index in [1.807, 2.05) is 30.3 Å². The minimum absolute atomic E-state index is 0.00717. The number of benzene rings is 2. The van der Waals surface area contributed by atoms with Crippen LogP contribution < -0.4 is 4.74 Å². The van der Waals surface area contributed by atoms with Crippen LogP contribution in [0.2, 0.25) is 0 Å². The molecule has 4 heteroatoms. The van der Waals surface area contributed by atoms with Crippen molar-refractivity contribution >= 4 is 5.78 Å². The first-order valence-electron chi connectivity index (χ1n) is 10.3. The molecule has 0 saturated heterocycles. The van der Waals surface area contributed by atoms with E-state index < -0.39 is 5.92 Å². The molecule has 30 heavy (non-hydrogen) atoms. The maximum Gasteiger partial charge on any atom is 0.174 e. The first-order chi connectivity index (χ1) is 14.3. The standard InChI is InChI=1S/C26H30O4/c1-16(2)10-12-20-17(3)11-13-21(18-8-6-5-7-9-18)24(20)26(29)25-22(27)14-19(30-4)15-23(25)28/h5-11,14-15,20-21,24,27-28H,12-13H2,1-4H3/t20-,21+,24-/m0/s1. The highest BCUT2D eigenvalue weighted by Gasteiger charge is 2.40. The fourth-order valence-electron chi connectivity index (χ4n) is 4.40. The van der Waals surface area contributed by atoms with Crippen molar-refractivity contribution in [2.45, 2.75) is 39.5 Å². The Morgan fingerprint density at radius 2 is 1.77 bits per heavy atom. The summed E-state index contributed by atoms with van der Waals surface area (Å²) in [6, 6.07) is 12.8. The third-order valence-electron chi connectivity index (χ3n) is 6.01. The normalized spacial score (nSPS) is 20.9. The Labute approximate surface area is 178 Å². The zero-order valence-corrected chi connectivity index (χ0v) is 18.1. The van der Waals surface area contributed by atoms with Gasteiger partial charge in [0.2, 0.25) is 0 Å². The molecule has 158 valence electrons. The number of Topliss-reactive ketones (excluding diaryl/α,β-unsaturated/α-hetero) is 1. The summed E-state index contributed by atoms with van der Waals surface area (Å²) in [6.07, 6.45) is 5.86. The number of carbonyl (C=O) groups excluding carboxylic acids is 1. The number of hydrogen-bond acceptors (Lipinski definition) is 4. The molecule has 3 atom stereocenters. The summed E-state index contributed by atoms with van der Waals surface area (Å²) in [6.45, 7) is 6.17. The van der Waals surface area contributed by atoms with Gasteiger partial charge in [-0.15, -0.1) is 0 Å². The molecular formula is C26H30O4. The van der Waals surface area contributed by atoms with E-state index in [0.717, 1.165) is 18.4 Å². The molecule has 0 saturated carbocycles. The van der Waals surface area contributed by atoms with Crippen LogP contribution in [0.3, 0.4) is 0 Å². The van der Waals surface area contributed by atoms with Crippen LogP contribution >= 0.6 is 0 Å². The molecule has 0 radical (unpaired) electrons. The van der Waals surface area contributed by atoms with Gasteiger partial charge in [0.05, 0.1) is 7.11 Å². The highest BCUT2D eigenvalue weighted by Crippen LogP contribution is 2.47. The Balaban J connectivity index is 2.11. The number of phenols is 2. The van der Waals surface area contributed by atoms with Crippen molar-refractivity contribution in [3.63, 3.8) is 0 Å². The Hall–Kier alpha value is -3.01. The topological polar surface area (TPSA) is 66.8 Å². The Morgan fingerprint density at radius 1 is 1.13 bits per heavy atom. The van der Waals surface area contributed by atoms with Crippen molar-refractivity contribution in [2.24, 2.45) is 11.8 Å². The molecule has 1 aliphatic carbocycles. The van der Waals surface area contributed by atoms with Gasteiger partial charge in [-0.05, 0) is 51.0 Å². The van der Waals surface area contributed by atoms with Crippen LogP contribution in [0.4, 0.5) is 0 Å². The summed E-state index contributed by atoms with van der Waals surface area (Å²) in [5, 5.41) is 21.1. The van der Waals surface area contributed by atoms with E-state index in [2.05, 4.69) is 32.9 Å². The fourth-order valence-corrected chi connectivity index (χ4v) is 4.40. The third-order valence-corrected chi connectivity index (χ3v) is 6.01. The Kier molecular flexibility index (Phi) is 6.66. The summed E-state index contributed by atoms with van der Waals surface area (Å²) >= 11 is 0. The average molecular weight is 407 g/mol. The summed E-state index contributed by atoms with van der Waals surface area (Å²) in [4.78, 5) is 13.8. The van der Waals surface area contributed by atoms with Gasteiger partial charge in [-0.1, -0.05) is 53.6 Å². The van der Waals surface area contributed by atoms with Crippen molar-refractivity contribution < 1.29 is 19.7 Å². The predicted octanol–water partition coefficient (Wildman–Crippen LogP) is 6.01. The van der Waals surface area contributed by atoms with E-state index in [1.54, 1.807) is 0 Å². The van der Waals surface area contributed by atoms with Crippen LogP contribution in [-0.2, 0) is 0 Å². The molecule has 4 nitrogen and oxygen atoms in total. The number of phenolic OH excluding ortho intramolecular Hbond substituents is 2. The van der Waals surface area contributed by atoms with E-state index in [9.17, 15) is 15.0 Å². The summed E-state index contributed by atoms with van der Waals surface area (Å²) < 4.78 is 5.10. The summed E-state index contributed by atoms with van der Waals surface area (Å²) in [5.74, 6) is -0.860. The van der Waals surface area contributed by atoms with Crippen LogP contribution in [0.5, 0.6) is 17.2 Å². The second-order valence-electron chi connectivity index (χ2n) is 8.26. The first kappa shape index (κ1) is 21.7. The molecule has 0 aliphatic heterocycles. The monoisotopic (exact) mass is 406 g/mol. The molecule has 1 aliphatic rings. The molecule has 0 fully saturated rings. The number of rotatable bonds is 6. The number of carbonyl (C=O) groups is 1. The SMILES string of the molecule is COc1cc(O)c(C(=O)[C@@H]2[C@@H](c3ccccc3)CC=C(C)[C@@H]2CC=C(C)C)c(O)c1. The van der Waals surface area contributed by atoms with E-state index in [4.69, 9.17) is 4.74 Å². The molecule has 0 spiro atoms.